The lowest BCUT2D eigenvalue weighted by Gasteiger charge is -2.22. The summed E-state index contributed by atoms with van der Waals surface area (Å²) in [5.74, 6) is -0.189. The molecule has 2 amide bonds. The van der Waals surface area contributed by atoms with Gasteiger partial charge in [0.25, 0.3) is 5.91 Å². The summed E-state index contributed by atoms with van der Waals surface area (Å²) in [5, 5.41) is 8.71. The van der Waals surface area contributed by atoms with Crippen LogP contribution in [0, 0.1) is 0 Å². The number of carbonyl (C=O) groups excluding carboxylic acids is 2. The fourth-order valence-electron chi connectivity index (χ4n) is 2.13. The van der Waals surface area contributed by atoms with Crippen LogP contribution >= 0.6 is 12.4 Å². The molecule has 1 aliphatic rings. The van der Waals surface area contributed by atoms with Gasteiger partial charge in [0, 0.05) is 25.2 Å². The smallest absolute Gasteiger partial charge is 0.251 e. The molecular formula is C15H22ClN3O3. The van der Waals surface area contributed by atoms with Crippen molar-refractivity contribution in [3.63, 3.8) is 0 Å². The molecule has 0 aliphatic carbocycles. The number of hydrogen-bond acceptors (Lipinski definition) is 4. The topological polar surface area (TPSA) is 79.5 Å². The van der Waals surface area contributed by atoms with E-state index in [9.17, 15) is 9.59 Å². The third kappa shape index (κ3) is 5.29. The number of ether oxygens (including phenoxy) is 1. The van der Waals surface area contributed by atoms with Gasteiger partial charge in [0.1, 0.15) is 6.04 Å². The van der Waals surface area contributed by atoms with E-state index in [0.717, 1.165) is 5.56 Å². The van der Waals surface area contributed by atoms with E-state index in [2.05, 4.69) is 16.0 Å². The van der Waals surface area contributed by atoms with Gasteiger partial charge in [-0.3, -0.25) is 9.59 Å². The van der Waals surface area contributed by atoms with Crippen molar-refractivity contribution in [2.24, 2.45) is 0 Å². The summed E-state index contributed by atoms with van der Waals surface area (Å²) in [6.07, 6.45) is 0. The van der Waals surface area contributed by atoms with Gasteiger partial charge >= 0.3 is 0 Å². The van der Waals surface area contributed by atoms with Crippen molar-refractivity contribution in [1.29, 1.82) is 0 Å². The molecule has 1 aromatic rings. The van der Waals surface area contributed by atoms with Gasteiger partial charge in [-0.05, 0) is 24.6 Å². The minimum absolute atomic E-state index is 0. The average molecular weight is 328 g/mol. The number of morpholine rings is 1. The summed E-state index contributed by atoms with van der Waals surface area (Å²) in [7, 11) is 0. The summed E-state index contributed by atoms with van der Waals surface area (Å²) < 4.78 is 5.26. The molecule has 3 N–H and O–H groups in total. The lowest BCUT2D eigenvalue weighted by molar-refractivity contribution is -0.126. The number of nitrogens with one attached hydrogen (secondary N) is 3. The second kappa shape index (κ2) is 9.40. The predicted octanol–water partition coefficient (Wildman–Crippen LogP) is 0.463. The van der Waals surface area contributed by atoms with Gasteiger partial charge in [-0.15, -0.1) is 12.4 Å². The van der Waals surface area contributed by atoms with E-state index >= 15 is 0 Å². The summed E-state index contributed by atoms with van der Waals surface area (Å²) in [4.78, 5) is 23.7. The number of amides is 2. The average Bonchev–Trinajstić information content (AvgIpc) is 2.54. The van der Waals surface area contributed by atoms with Gasteiger partial charge in [-0.1, -0.05) is 12.1 Å². The van der Waals surface area contributed by atoms with Crippen LogP contribution in [0.5, 0.6) is 0 Å². The van der Waals surface area contributed by atoms with Crippen molar-refractivity contribution in [2.45, 2.75) is 19.5 Å². The molecule has 0 saturated carbocycles. The largest absolute Gasteiger partial charge is 0.378 e. The molecule has 7 heteroatoms. The zero-order valence-corrected chi connectivity index (χ0v) is 13.4. The molecule has 0 bridgehead atoms. The monoisotopic (exact) mass is 327 g/mol. The highest BCUT2D eigenvalue weighted by Gasteiger charge is 2.20. The van der Waals surface area contributed by atoms with E-state index in [1.165, 1.54) is 0 Å². The first-order valence-electron chi connectivity index (χ1n) is 7.16. The SMILES string of the molecule is CCNC(=O)c1cccc(CNC(=O)C2COCCN2)c1.Cl. The van der Waals surface area contributed by atoms with Gasteiger partial charge in [0.2, 0.25) is 5.91 Å². The van der Waals surface area contributed by atoms with Crippen LogP contribution in [0.4, 0.5) is 0 Å². The van der Waals surface area contributed by atoms with Crippen molar-refractivity contribution < 1.29 is 14.3 Å². The van der Waals surface area contributed by atoms with Crippen LogP contribution in [-0.2, 0) is 16.1 Å². The maximum absolute atomic E-state index is 12.0. The predicted molar refractivity (Wildman–Crippen MR) is 86.2 cm³/mol. The third-order valence-electron chi connectivity index (χ3n) is 3.23. The van der Waals surface area contributed by atoms with Crippen molar-refractivity contribution >= 4 is 24.2 Å². The van der Waals surface area contributed by atoms with Gasteiger partial charge < -0.3 is 20.7 Å². The second-order valence-corrected chi connectivity index (χ2v) is 4.86. The first-order chi connectivity index (χ1) is 10.2. The second-order valence-electron chi connectivity index (χ2n) is 4.86. The molecule has 1 aromatic carbocycles. The Hall–Kier alpha value is -1.63. The van der Waals surface area contributed by atoms with Crippen LogP contribution in [-0.4, -0.2) is 44.2 Å². The Labute approximate surface area is 136 Å². The number of rotatable bonds is 5. The Kier molecular flexibility index (Phi) is 7.87. The Balaban J connectivity index is 0.00000242. The van der Waals surface area contributed by atoms with Crippen LogP contribution in [0.1, 0.15) is 22.8 Å². The Morgan fingerprint density at radius 1 is 1.36 bits per heavy atom. The van der Waals surface area contributed by atoms with E-state index in [0.29, 0.717) is 38.4 Å². The molecule has 1 aliphatic heterocycles. The molecule has 1 fully saturated rings. The first-order valence-corrected chi connectivity index (χ1v) is 7.16. The maximum Gasteiger partial charge on any atom is 0.251 e. The summed E-state index contributed by atoms with van der Waals surface area (Å²) in [6.45, 7) is 4.58. The molecule has 6 nitrogen and oxygen atoms in total. The minimum Gasteiger partial charge on any atom is -0.378 e. The van der Waals surface area contributed by atoms with Gasteiger partial charge in [0.05, 0.1) is 13.2 Å². The van der Waals surface area contributed by atoms with E-state index in [1.807, 2.05) is 19.1 Å². The summed E-state index contributed by atoms with van der Waals surface area (Å²) in [6, 6.07) is 6.94. The molecule has 1 atom stereocenters. The highest BCUT2D eigenvalue weighted by Crippen LogP contribution is 2.05. The van der Waals surface area contributed by atoms with E-state index in [-0.39, 0.29) is 30.3 Å². The molecule has 122 valence electrons. The minimum atomic E-state index is -0.301. The molecule has 1 heterocycles. The van der Waals surface area contributed by atoms with Gasteiger partial charge in [0.15, 0.2) is 0 Å². The molecule has 0 aromatic heterocycles. The fraction of sp³-hybridized carbons (Fsp3) is 0.467. The Morgan fingerprint density at radius 2 is 2.18 bits per heavy atom. The molecule has 0 spiro atoms. The molecular weight excluding hydrogens is 306 g/mol. The lowest BCUT2D eigenvalue weighted by atomic mass is 10.1. The lowest BCUT2D eigenvalue weighted by Crippen LogP contribution is -2.51. The number of benzene rings is 1. The van der Waals surface area contributed by atoms with Crippen LogP contribution in [0.15, 0.2) is 24.3 Å². The normalized spacial score (nSPS) is 17.2. The molecule has 0 radical (unpaired) electrons. The van der Waals surface area contributed by atoms with Crippen molar-refractivity contribution in [3.8, 4) is 0 Å². The number of carbonyl (C=O) groups is 2. The quantitative estimate of drug-likeness (QED) is 0.734. The van der Waals surface area contributed by atoms with Gasteiger partial charge in [-0.25, -0.2) is 0 Å². The van der Waals surface area contributed by atoms with Crippen LogP contribution in [0.25, 0.3) is 0 Å². The molecule has 2 rings (SSSR count). The van der Waals surface area contributed by atoms with Crippen molar-refractivity contribution in [2.75, 3.05) is 26.3 Å². The van der Waals surface area contributed by atoms with Crippen molar-refractivity contribution in [1.82, 2.24) is 16.0 Å². The highest BCUT2D eigenvalue weighted by atomic mass is 35.5. The fourth-order valence-corrected chi connectivity index (χ4v) is 2.13. The third-order valence-corrected chi connectivity index (χ3v) is 3.23. The van der Waals surface area contributed by atoms with E-state index in [1.54, 1.807) is 12.1 Å². The first kappa shape index (κ1) is 18.4. The van der Waals surface area contributed by atoms with Crippen LogP contribution in [0.3, 0.4) is 0 Å². The van der Waals surface area contributed by atoms with Gasteiger partial charge in [-0.2, -0.15) is 0 Å². The number of halogens is 1. The molecule has 22 heavy (non-hydrogen) atoms. The summed E-state index contributed by atoms with van der Waals surface area (Å²) in [5.41, 5.74) is 1.49. The Morgan fingerprint density at radius 3 is 2.86 bits per heavy atom. The molecule has 1 saturated heterocycles. The van der Waals surface area contributed by atoms with E-state index < -0.39 is 0 Å². The highest BCUT2D eigenvalue weighted by molar-refractivity contribution is 5.94. The number of hydrogen-bond donors (Lipinski definition) is 3. The Bertz CT molecular complexity index is 505. The summed E-state index contributed by atoms with van der Waals surface area (Å²) >= 11 is 0. The maximum atomic E-state index is 12.0. The van der Waals surface area contributed by atoms with Crippen LogP contribution < -0.4 is 16.0 Å². The zero-order chi connectivity index (χ0) is 15.1. The molecule has 1 unspecified atom stereocenters. The van der Waals surface area contributed by atoms with E-state index in [4.69, 9.17) is 4.74 Å². The van der Waals surface area contributed by atoms with Crippen molar-refractivity contribution in [3.05, 3.63) is 35.4 Å². The van der Waals surface area contributed by atoms with Crippen LogP contribution in [0.2, 0.25) is 0 Å². The standard InChI is InChI=1S/C15H21N3O3.ClH/c1-2-16-14(19)12-5-3-4-11(8-12)9-18-15(20)13-10-21-7-6-17-13;/h3-5,8,13,17H,2,6-7,9-10H2,1H3,(H,16,19)(H,18,20);1H. The zero-order valence-electron chi connectivity index (χ0n) is 12.6.